The van der Waals surface area contributed by atoms with Gasteiger partial charge in [-0.3, -0.25) is 0 Å². The summed E-state index contributed by atoms with van der Waals surface area (Å²) in [4.78, 5) is 11.7. The van der Waals surface area contributed by atoms with Crippen LogP contribution in [-0.2, 0) is 9.53 Å². The molecule has 0 amide bonds. The van der Waals surface area contributed by atoms with E-state index in [1.165, 1.54) is 0 Å². The van der Waals surface area contributed by atoms with Gasteiger partial charge in [0.15, 0.2) is 0 Å². The molecule has 0 radical (unpaired) electrons. The molecule has 102 valence electrons. The van der Waals surface area contributed by atoms with Gasteiger partial charge >= 0.3 is 5.97 Å². The first kappa shape index (κ1) is 14.0. The Morgan fingerprint density at radius 3 is 2.75 bits per heavy atom. The lowest BCUT2D eigenvalue weighted by Gasteiger charge is -2.13. The average Bonchev–Trinajstić information content (AvgIpc) is 2.47. The minimum atomic E-state index is -0.339. The van der Waals surface area contributed by atoms with Gasteiger partial charge in [-0.05, 0) is 24.6 Å². The van der Waals surface area contributed by atoms with Crippen LogP contribution in [-0.4, -0.2) is 18.3 Å². The van der Waals surface area contributed by atoms with Crippen molar-refractivity contribution in [3.05, 3.63) is 65.8 Å². The molecule has 3 nitrogen and oxygen atoms in total. The van der Waals surface area contributed by atoms with Crippen molar-refractivity contribution in [1.82, 2.24) is 0 Å². The average molecular weight is 267 g/mol. The van der Waals surface area contributed by atoms with E-state index in [1.54, 1.807) is 25.2 Å². The molecule has 2 rings (SSSR count). The monoisotopic (exact) mass is 267 g/mol. The molecule has 1 aromatic rings. The quantitative estimate of drug-likeness (QED) is 0.850. The molecule has 20 heavy (non-hydrogen) atoms. The summed E-state index contributed by atoms with van der Waals surface area (Å²) in [6.45, 7) is 2.13. The van der Waals surface area contributed by atoms with Crippen molar-refractivity contribution in [3.63, 3.8) is 0 Å². The fourth-order valence-corrected chi connectivity index (χ4v) is 1.92. The van der Waals surface area contributed by atoms with Crippen LogP contribution < -0.4 is 0 Å². The summed E-state index contributed by atoms with van der Waals surface area (Å²) in [6.07, 6.45) is 8.91. The minimum absolute atomic E-state index is 0.195. The maximum absolute atomic E-state index is 11.7. The van der Waals surface area contributed by atoms with E-state index in [-0.39, 0.29) is 11.9 Å². The van der Waals surface area contributed by atoms with Crippen molar-refractivity contribution in [3.8, 4) is 0 Å². The number of rotatable bonds is 4. The largest absolute Gasteiger partial charge is 0.462 e. The Kier molecular flexibility index (Phi) is 4.66. The van der Waals surface area contributed by atoms with Gasteiger partial charge in [-0.1, -0.05) is 48.6 Å². The summed E-state index contributed by atoms with van der Waals surface area (Å²) in [6, 6.07) is 9.88. The summed E-state index contributed by atoms with van der Waals surface area (Å²) in [5.41, 5.74) is 2.04. The number of carbonyl (C=O) groups excluding carboxylic acids is 1. The molecule has 1 N–H and O–H groups in total. The zero-order chi connectivity index (χ0) is 14.4. The number of nitrogens with one attached hydrogen (secondary N) is 1. The van der Waals surface area contributed by atoms with Gasteiger partial charge in [-0.25, -0.2) is 4.79 Å². The predicted molar refractivity (Wildman–Crippen MR) is 80.5 cm³/mol. The van der Waals surface area contributed by atoms with E-state index < -0.39 is 0 Å². The van der Waals surface area contributed by atoms with E-state index in [1.807, 2.05) is 42.5 Å². The zero-order valence-corrected chi connectivity index (χ0v) is 11.4. The molecular weight excluding hydrogens is 250 g/mol. The van der Waals surface area contributed by atoms with E-state index >= 15 is 0 Å². The second-order valence-corrected chi connectivity index (χ2v) is 4.43. The van der Waals surface area contributed by atoms with Crippen LogP contribution in [0.15, 0.2) is 60.2 Å². The summed E-state index contributed by atoms with van der Waals surface area (Å²) >= 11 is 0. The Morgan fingerprint density at radius 1 is 1.30 bits per heavy atom. The summed E-state index contributed by atoms with van der Waals surface area (Å²) in [5.74, 6) is -0.533. The molecule has 1 aliphatic rings. The molecule has 0 saturated carbocycles. The standard InChI is InChI=1S/C17H17NO2/c1-2-20-17(19)15-10-11-16(18)14(12-15)9-8-13-6-4-3-5-7-13/h3-12,14,18H,2H2,1H3. The Hall–Kier alpha value is -2.42. The number of carbonyl (C=O) groups is 1. The molecule has 0 saturated heterocycles. The second kappa shape index (κ2) is 6.66. The predicted octanol–water partition coefficient (Wildman–Crippen LogP) is 3.40. The van der Waals surface area contributed by atoms with Gasteiger partial charge in [0, 0.05) is 11.6 Å². The molecule has 1 unspecified atom stereocenters. The molecule has 0 aromatic heterocycles. The summed E-state index contributed by atoms with van der Waals surface area (Å²) < 4.78 is 4.97. The molecule has 0 fully saturated rings. The lowest BCUT2D eigenvalue weighted by Crippen LogP contribution is -2.15. The van der Waals surface area contributed by atoms with Crippen LogP contribution >= 0.6 is 0 Å². The SMILES string of the molecule is CCOC(=O)C1=CC(C=Cc2ccccc2)C(=N)C=C1. The first-order valence-corrected chi connectivity index (χ1v) is 6.59. The van der Waals surface area contributed by atoms with Crippen LogP contribution in [0.3, 0.4) is 0 Å². The highest BCUT2D eigenvalue weighted by molar-refractivity contribution is 6.04. The van der Waals surface area contributed by atoms with Gasteiger partial charge in [0.05, 0.1) is 12.2 Å². The third kappa shape index (κ3) is 3.54. The lowest BCUT2D eigenvalue weighted by atomic mass is 9.93. The van der Waals surface area contributed by atoms with E-state index in [0.29, 0.717) is 17.9 Å². The molecule has 0 spiro atoms. The zero-order valence-electron chi connectivity index (χ0n) is 11.4. The van der Waals surface area contributed by atoms with Crippen molar-refractivity contribution >= 4 is 17.8 Å². The van der Waals surface area contributed by atoms with Crippen LogP contribution in [0.4, 0.5) is 0 Å². The Labute approximate surface area is 118 Å². The summed E-state index contributed by atoms with van der Waals surface area (Å²) in [7, 11) is 0. The van der Waals surface area contributed by atoms with Crippen LogP contribution in [0.1, 0.15) is 12.5 Å². The Bertz CT molecular complexity index is 582. The number of benzene rings is 1. The van der Waals surface area contributed by atoms with E-state index in [4.69, 9.17) is 10.1 Å². The topological polar surface area (TPSA) is 50.2 Å². The third-order valence-electron chi connectivity index (χ3n) is 2.97. The molecule has 3 heteroatoms. The first-order valence-electron chi connectivity index (χ1n) is 6.59. The maximum Gasteiger partial charge on any atom is 0.337 e. The number of allylic oxidation sites excluding steroid dienone is 3. The lowest BCUT2D eigenvalue weighted by molar-refractivity contribution is -0.138. The van der Waals surface area contributed by atoms with E-state index in [9.17, 15) is 4.79 Å². The molecule has 0 bridgehead atoms. The van der Waals surface area contributed by atoms with Gasteiger partial charge in [0.1, 0.15) is 0 Å². The molecule has 0 aliphatic heterocycles. The second-order valence-electron chi connectivity index (χ2n) is 4.43. The van der Waals surface area contributed by atoms with Crippen LogP contribution in [0.5, 0.6) is 0 Å². The van der Waals surface area contributed by atoms with Crippen LogP contribution in [0, 0.1) is 11.3 Å². The molecule has 1 aromatic carbocycles. The number of hydrogen-bond acceptors (Lipinski definition) is 3. The van der Waals surface area contributed by atoms with Crippen molar-refractivity contribution in [2.24, 2.45) is 5.92 Å². The minimum Gasteiger partial charge on any atom is -0.462 e. The van der Waals surface area contributed by atoms with Gasteiger partial charge in [0.2, 0.25) is 0 Å². The van der Waals surface area contributed by atoms with Gasteiger partial charge < -0.3 is 10.1 Å². The van der Waals surface area contributed by atoms with Crippen molar-refractivity contribution < 1.29 is 9.53 Å². The van der Waals surface area contributed by atoms with Gasteiger partial charge in [-0.15, -0.1) is 0 Å². The number of esters is 1. The molecular formula is C17H17NO2. The van der Waals surface area contributed by atoms with Gasteiger partial charge in [0.25, 0.3) is 0 Å². The highest BCUT2D eigenvalue weighted by Crippen LogP contribution is 2.18. The highest BCUT2D eigenvalue weighted by Gasteiger charge is 2.16. The molecule has 0 heterocycles. The smallest absolute Gasteiger partial charge is 0.337 e. The van der Waals surface area contributed by atoms with E-state index in [0.717, 1.165) is 5.56 Å². The third-order valence-corrected chi connectivity index (χ3v) is 2.97. The fourth-order valence-electron chi connectivity index (χ4n) is 1.92. The Morgan fingerprint density at radius 2 is 2.05 bits per heavy atom. The highest BCUT2D eigenvalue weighted by atomic mass is 16.5. The normalized spacial score (nSPS) is 18.1. The van der Waals surface area contributed by atoms with Crippen molar-refractivity contribution in [2.75, 3.05) is 6.61 Å². The Balaban J connectivity index is 2.14. The maximum atomic E-state index is 11.7. The number of hydrogen-bond donors (Lipinski definition) is 1. The number of ether oxygens (including phenoxy) is 1. The van der Waals surface area contributed by atoms with Crippen molar-refractivity contribution in [1.29, 1.82) is 5.41 Å². The fraction of sp³-hybridized carbons (Fsp3) is 0.176. The van der Waals surface area contributed by atoms with E-state index in [2.05, 4.69) is 0 Å². The van der Waals surface area contributed by atoms with Crippen LogP contribution in [0.25, 0.3) is 6.08 Å². The summed E-state index contributed by atoms with van der Waals surface area (Å²) in [5, 5.41) is 7.91. The molecule has 1 aliphatic carbocycles. The molecule has 1 atom stereocenters. The van der Waals surface area contributed by atoms with Gasteiger partial charge in [-0.2, -0.15) is 0 Å². The van der Waals surface area contributed by atoms with Crippen LogP contribution in [0.2, 0.25) is 0 Å². The first-order chi connectivity index (χ1) is 9.70. The van der Waals surface area contributed by atoms with Crippen molar-refractivity contribution in [2.45, 2.75) is 6.92 Å².